The van der Waals surface area contributed by atoms with E-state index < -0.39 is 0 Å². The Morgan fingerprint density at radius 2 is 1.88 bits per heavy atom. The molecule has 1 aromatic heterocycles. The van der Waals surface area contributed by atoms with Crippen LogP contribution in [0.3, 0.4) is 0 Å². The standard InChI is InChI=1S/C25H21Cl2N3O2/c1-2-32-21-11-8-17(9-12-21)25(31)29-28-14-19-16-30(24-6-4-3-5-22(19)24)15-18-7-10-20(26)13-23(18)27/h3-14,16H,2,15H2,1H3,(H,29,31)/b28-14-. The molecule has 32 heavy (non-hydrogen) atoms. The van der Waals surface area contributed by atoms with Crippen LogP contribution in [-0.2, 0) is 6.54 Å². The van der Waals surface area contributed by atoms with Crippen LogP contribution in [-0.4, -0.2) is 23.3 Å². The summed E-state index contributed by atoms with van der Waals surface area (Å²) >= 11 is 12.4. The molecule has 4 aromatic rings. The number of aromatic nitrogens is 1. The minimum Gasteiger partial charge on any atom is -0.494 e. The van der Waals surface area contributed by atoms with Gasteiger partial charge in [-0.2, -0.15) is 5.10 Å². The quantitative estimate of drug-likeness (QED) is 0.262. The van der Waals surface area contributed by atoms with E-state index in [1.807, 2.05) is 49.5 Å². The summed E-state index contributed by atoms with van der Waals surface area (Å²) in [6.07, 6.45) is 3.64. The van der Waals surface area contributed by atoms with Gasteiger partial charge >= 0.3 is 0 Å². The Balaban J connectivity index is 1.53. The normalized spacial score (nSPS) is 11.2. The van der Waals surface area contributed by atoms with Crippen molar-refractivity contribution in [3.63, 3.8) is 0 Å². The highest BCUT2D eigenvalue weighted by Gasteiger charge is 2.10. The van der Waals surface area contributed by atoms with E-state index in [0.717, 1.165) is 27.8 Å². The summed E-state index contributed by atoms with van der Waals surface area (Å²) in [5, 5.41) is 6.41. The van der Waals surface area contributed by atoms with Gasteiger partial charge in [-0.3, -0.25) is 4.79 Å². The van der Waals surface area contributed by atoms with Gasteiger partial charge < -0.3 is 9.30 Å². The number of amides is 1. The highest BCUT2D eigenvalue weighted by molar-refractivity contribution is 6.35. The second-order valence-electron chi connectivity index (χ2n) is 7.12. The van der Waals surface area contributed by atoms with Crippen LogP contribution in [0.2, 0.25) is 10.0 Å². The van der Waals surface area contributed by atoms with Crippen molar-refractivity contribution in [3.8, 4) is 5.75 Å². The number of nitrogens with zero attached hydrogens (tertiary/aromatic N) is 2. The third-order valence-corrected chi connectivity index (χ3v) is 5.56. The number of fused-ring (bicyclic) bond motifs is 1. The smallest absolute Gasteiger partial charge is 0.271 e. The van der Waals surface area contributed by atoms with Crippen LogP contribution < -0.4 is 10.2 Å². The van der Waals surface area contributed by atoms with Crippen LogP contribution in [0.5, 0.6) is 5.75 Å². The zero-order valence-electron chi connectivity index (χ0n) is 17.4. The van der Waals surface area contributed by atoms with Crippen LogP contribution in [0, 0.1) is 0 Å². The van der Waals surface area contributed by atoms with Crippen LogP contribution in [0.15, 0.2) is 78.0 Å². The summed E-state index contributed by atoms with van der Waals surface area (Å²) in [5.41, 5.74) is 5.98. The van der Waals surface area contributed by atoms with Gasteiger partial charge in [0.25, 0.3) is 5.91 Å². The maximum absolute atomic E-state index is 12.4. The van der Waals surface area contributed by atoms with Gasteiger partial charge in [0.1, 0.15) is 5.75 Å². The zero-order chi connectivity index (χ0) is 22.5. The Hall–Kier alpha value is -3.28. The van der Waals surface area contributed by atoms with E-state index in [2.05, 4.69) is 15.1 Å². The van der Waals surface area contributed by atoms with Crippen molar-refractivity contribution >= 4 is 46.2 Å². The lowest BCUT2D eigenvalue weighted by Gasteiger charge is -2.08. The number of halogens is 2. The molecule has 0 saturated carbocycles. The highest BCUT2D eigenvalue weighted by Crippen LogP contribution is 2.25. The lowest BCUT2D eigenvalue weighted by molar-refractivity contribution is 0.0955. The zero-order valence-corrected chi connectivity index (χ0v) is 18.9. The molecule has 7 heteroatoms. The largest absolute Gasteiger partial charge is 0.494 e. The maximum atomic E-state index is 12.4. The van der Waals surface area contributed by atoms with Crippen molar-refractivity contribution in [2.45, 2.75) is 13.5 Å². The molecule has 0 aliphatic heterocycles. The predicted molar refractivity (Wildman–Crippen MR) is 130 cm³/mol. The Bertz CT molecular complexity index is 1280. The van der Waals surface area contributed by atoms with E-state index in [1.54, 1.807) is 36.5 Å². The molecular weight excluding hydrogens is 445 g/mol. The Labute approximate surface area is 196 Å². The lowest BCUT2D eigenvalue weighted by atomic mass is 10.2. The summed E-state index contributed by atoms with van der Waals surface area (Å²) in [6, 6.07) is 20.4. The first-order valence-electron chi connectivity index (χ1n) is 10.1. The van der Waals surface area contributed by atoms with E-state index >= 15 is 0 Å². The van der Waals surface area contributed by atoms with Gasteiger partial charge in [0.15, 0.2) is 0 Å². The summed E-state index contributed by atoms with van der Waals surface area (Å²) in [4.78, 5) is 12.4. The molecule has 3 aromatic carbocycles. The molecular formula is C25H21Cl2N3O2. The molecule has 4 rings (SSSR count). The van der Waals surface area contributed by atoms with Crippen LogP contribution in [0.1, 0.15) is 28.4 Å². The van der Waals surface area contributed by atoms with Gasteiger partial charge in [-0.1, -0.05) is 47.5 Å². The third kappa shape index (κ3) is 4.96. The molecule has 0 aliphatic rings. The first kappa shape index (κ1) is 21.9. The number of nitrogens with one attached hydrogen (secondary N) is 1. The minimum absolute atomic E-state index is 0.291. The average molecular weight is 466 g/mol. The number of carbonyl (C=O) groups is 1. The maximum Gasteiger partial charge on any atom is 0.271 e. The number of hydrogen-bond donors (Lipinski definition) is 1. The van der Waals surface area contributed by atoms with E-state index in [1.165, 1.54) is 0 Å². The molecule has 0 aliphatic carbocycles. The molecule has 0 unspecified atom stereocenters. The van der Waals surface area contributed by atoms with Crippen LogP contribution in [0.25, 0.3) is 10.9 Å². The molecule has 0 fully saturated rings. The van der Waals surface area contributed by atoms with Crippen molar-refractivity contribution in [2.24, 2.45) is 5.10 Å². The summed E-state index contributed by atoms with van der Waals surface area (Å²) in [6.45, 7) is 3.08. The van der Waals surface area contributed by atoms with Crippen molar-refractivity contribution in [3.05, 3.63) is 99.7 Å². The lowest BCUT2D eigenvalue weighted by Crippen LogP contribution is -2.17. The third-order valence-electron chi connectivity index (χ3n) is 4.97. The van der Waals surface area contributed by atoms with E-state index in [9.17, 15) is 4.79 Å². The van der Waals surface area contributed by atoms with Crippen molar-refractivity contribution < 1.29 is 9.53 Å². The van der Waals surface area contributed by atoms with Crippen molar-refractivity contribution in [1.82, 2.24) is 9.99 Å². The molecule has 0 saturated heterocycles. The fourth-order valence-corrected chi connectivity index (χ4v) is 3.90. The number of carbonyl (C=O) groups excluding carboxylic acids is 1. The van der Waals surface area contributed by atoms with Gasteiger partial charge in [0.2, 0.25) is 0 Å². The predicted octanol–water partition coefficient (Wildman–Crippen LogP) is 6.16. The van der Waals surface area contributed by atoms with Gasteiger partial charge in [-0.15, -0.1) is 0 Å². The summed E-state index contributed by atoms with van der Waals surface area (Å²) < 4.78 is 7.50. The van der Waals surface area contributed by atoms with Gasteiger partial charge in [0, 0.05) is 44.8 Å². The van der Waals surface area contributed by atoms with Crippen molar-refractivity contribution in [2.75, 3.05) is 6.61 Å². The molecule has 162 valence electrons. The number of rotatable bonds is 7. The SMILES string of the molecule is CCOc1ccc(C(=O)N/N=C\c2cn(Cc3ccc(Cl)cc3Cl)c3ccccc23)cc1. The fraction of sp³-hybridized carbons (Fsp3) is 0.120. The van der Waals surface area contributed by atoms with Gasteiger partial charge in [0.05, 0.1) is 12.8 Å². The second-order valence-corrected chi connectivity index (χ2v) is 7.97. The number of hydrogen-bond acceptors (Lipinski definition) is 3. The Morgan fingerprint density at radius 1 is 1.09 bits per heavy atom. The molecule has 1 N–H and O–H groups in total. The van der Waals surface area contributed by atoms with Gasteiger partial charge in [-0.25, -0.2) is 5.43 Å². The van der Waals surface area contributed by atoms with Crippen molar-refractivity contribution in [1.29, 1.82) is 0 Å². The number of para-hydroxylation sites is 1. The monoisotopic (exact) mass is 465 g/mol. The first-order valence-corrected chi connectivity index (χ1v) is 10.9. The molecule has 0 radical (unpaired) electrons. The van der Waals surface area contributed by atoms with Crippen LogP contribution >= 0.6 is 23.2 Å². The first-order chi connectivity index (χ1) is 15.5. The minimum atomic E-state index is -0.291. The average Bonchev–Trinajstić information content (AvgIpc) is 3.14. The highest BCUT2D eigenvalue weighted by atomic mass is 35.5. The topological polar surface area (TPSA) is 55.6 Å². The van der Waals surface area contributed by atoms with E-state index in [4.69, 9.17) is 27.9 Å². The number of benzene rings is 3. The number of hydrazone groups is 1. The summed E-state index contributed by atoms with van der Waals surface area (Å²) in [7, 11) is 0. The van der Waals surface area contributed by atoms with Crippen LogP contribution in [0.4, 0.5) is 0 Å². The molecule has 5 nitrogen and oxygen atoms in total. The van der Waals surface area contributed by atoms with E-state index in [-0.39, 0.29) is 5.91 Å². The van der Waals surface area contributed by atoms with E-state index in [0.29, 0.717) is 28.8 Å². The molecule has 1 amide bonds. The fourth-order valence-electron chi connectivity index (χ4n) is 3.44. The number of ether oxygens (including phenoxy) is 1. The summed E-state index contributed by atoms with van der Waals surface area (Å²) in [5.74, 6) is 0.433. The second kappa shape index (κ2) is 9.90. The Morgan fingerprint density at radius 3 is 2.62 bits per heavy atom. The molecule has 0 atom stereocenters. The molecule has 0 spiro atoms. The van der Waals surface area contributed by atoms with Gasteiger partial charge in [-0.05, 0) is 55.0 Å². The molecule has 1 heterocycles. The molecule has 0 bridgehead atoms. The Kier molecular flexibility index (Phi) is 6.78.